The third kappa shape index (κ3) is 3.64. The van der Waals surface area contributed by atoms with Crippen molar-refractivity contribution in [2.45, 2.75) is 20.3 Å². The smallest absolute Gasteiger partial charge is 0.319 e. The van der Waals surface area contributed by atoms with Gasteiger partial charge in [0.05, 0.1) is 22.8 Å². The van der Waals surface area contributed by atoms with Crippen LogP contribution in [0, 0.1) is 13.8 Å². The maximum atomic E-state index is 12.3. The molecular formula is C21H22N4O3. The van der Waals surface area contributed by atoms with Crippen LogP contribution in [0.5, 0.6) is 11.5 Å². The lowest BCUT2D eigenvalue weighted by Crippen LogP contribution is -2.30. The topological polar surface area (TPSA) is 77.4 Å². The molecule has 1 aromatic heterocycles. The average Bonchev–Trinajstić information content (AvgIpc) is 3.28. The Morgan fingerprint density at radius 2 is 1.89 bits per heavy atom. The largest absolute Gasteiger partial charge is 0.454 e. The number of amides is 2. The number of nitrogens with zero attached hydrogens (tertiary/aromatic N) is 2. The number of hydrogen-bond acceptors (Lipinski definition) is 4. The van der Waals surface area contributed by atoms with Crippen LogP contribution in [0.3, 0.4) is 0 Å². The monoisotopic (exact) mass is 378 g/mol. The second-order valence-electron chi connectivity index (χ2n) is 6.61. The van der Waals surface area contributed by atoms with Gasteiger partial charge in [0.2, 0.25) is 6.79 Å². The zero-order chi connectivity index (χ0) is 19.5. The molecule has 0 aliphatic carbocycles. The Morgan fingerprint density at radius 1 is 1.11 bits per heavy atom. The van der Waals surface area contributed by atoms with Crippen molar-refractivity contribution in [3.63, 3.8) is 0 Å². The van der Waals surface area contributed by atoms with E-state index in [1.165, 1.54) is 0 Å². The van der Waals surface area contributed by atoms with E-state index in [1.807, 2.05) is 67.1 Å². The van der Waals surface area contributed by atoms with Crippen molar-refractivity contribution in [3.05, 3.63) is 65.5 Å². The van der Waals surface area contributed by atoms with E-state index in [1.54, 1.807) is 0 Å². The van der Waals surface area contributed by atoms with Crippen LogP contribution >= 0.6 is 0 Å². The van der Waals surface area contributed by atoms with Gasteiger partial charge in [0.25, 0.3) is 0 Å². The van der Waals surface area contributed by atoms with Gasteiger partial charge in [-0.05, 0) is 50.1 Å². The van der Waals surface area contributed by atoms with Gasteiger partial charge in [-0.3, -0.25) is 0 Å². The first-order valence-corrected chi connectivity index (χ1v) is 9.17. The van der Waals surface area contributed by atoms with E-state index >= 15 is 0 Å². The van der Waals surface area contributed by atoms with Crippen molar-refractivity contribution in [3.8, 4) is 17.2 Å². The molecule has 0 unspecified atom stereocenters. The third-order valence-electron chi connectivity index (χ3n) is 4.67. The maximum Gasteiger partial charge on any atom is 0.319 e. The fourth-order valence-electron chi connectivity index (χ4n) is 3.22. The Hall–Kier alpha value is -3.48. The zero-order valence-corrected chi connectivity index (χ0v) is 15.9. The summed E-state index contributed by atoms with van der Waals surface area (Å²) in [6.07, 6.45) is 0.700. The first kappa shape index (κ1) is 17.9. The molecule has 7 heteroatoms. The standard InChI is InChI=1S/C21H22N4O3/c1-14-20(15(2)25(24-14)17-6-4-3-5-7-17)23-21(26)22-11-10-16-8-9-18-19(12-16)28-13-27-18/h3-9,12H,10-11,13H2,1-2H3,(H2,22,23,26). The first-order chi connectivity index (χ1) is 13.6. The lowest BCUT2D eigenvalue weighted by molar-refractivity contribution is 0.174. The lowest BCUT2D eigenvalue weighted by Gasteiger charge is -2.09. The highest BCUT2D eigenvalue weighted by Gasteiger charge is 2.16. The number of fused-ring (bicyclic) bond motifs is 1. The molecule has 28 heavy (non-hydrogen) atoms. The van der Waals surface area contributed by atoms with E-state index in [0.29, 0.717) is 13.0 Å². The van der Waals surface area contributed by atoms with Gasteiger partial charge in [-0.25, -0.2) is 9.48 Å². The van der Waals surface area contributed by atoms with Crippen molar-refractivity contribution in [2.24, 2.45) is 0 Å². The molecule has 2 amide bonds. The molecule has 1 aliphatic rings. The number of anilines is 1. The molecule has 0 spiro atoms. The van der Waals surface area contributed by atoms with Crippen molar-refractivity contribution in [2.75, 3.05) is 18.7 Å². The van der Waals surface area contributed by atoms with Gasteiger partial charge < -0.3 is 20.1 Å². The number of aromatic nitrogens is 2. The quantitative estimate of drug-likeness (QED) is 0.711. The second kappa shape index (κ2) is 7.64. The molecule has 0 saturated heterocycles. The van der Waals surface area contributed by atoms with Gasteiger partial charge in [-0.1, -0.05) is 24.3 Å². The Labute approximate surface area is 163 Å². The van der Waals surface area contributed by atoms with E-state index in [2.05, 4.69) is 15.7 Å². The molecule has 0 bridgehead atoms. The van der Waals surface area contributed by atoms with E-state index in [0.717, 1.165) is 39.8 Å². The number of benzene rings is 2. The Bertz CT molecular complexity index is 998. The summed E-state index contributed by atoms with van der Waals surface area (Å²) in [7, 11) is 0. The molecule has 2 N–H and O–H groups in total. The van der Waals surface area contributed by atoms with Crippen LogP contribution < -0.4 is 20.1 Å². The molecular weight excluding hydrogens is 356 g/mol. The second-order valence-corrected chi connectivity index (χ2v) is 6.61. The number of carbonyl (C=O) groups is 1. The van der Waals surface area contributed by atoms with Crippen LogP contribution in [0.25, 0.3) is 5.69 Å². The van der Waals surface area contributed by atoms with Crippen LogP contribution in [0.4, 0.5) is 10.5 Å². The summed E-state index contributed by atoms with van der Waals surface area (Å²) < 4.78 is 12.5. The Morgan fingerprint density at radius 3 is 2.71 bits per heavy atom. The number of nitrogens with one attached hydrogen (secondary N) is 2. The summed E-state index contributed by atoms with van der Waals surface area (Å²) in [5.74, 6) is 1.51. The summed E-state index contributed by atoms with van der Waals surface area (Å²) in [6, 6.07) is 15.4. The molecule has 144 valence electrons. The Kier molecular flexibility index (Phi) is 4.89. The molecule has 0 atom stereocenters. The van der Waals surface area contributed by atoms with E-state index in [9.17, 15) is 4.79 Å². The summed E-state index contributed by atoms with van der Waals surface area (Å²) in [5, 5.41) is 10.4. The van der Waals surface area contributed by atoms with Crippen LogP contribution in [0.15, 0.2) is 48.5 Å². The zero-order valence-electron chi connectivity index (χ0n) is 15.9. The van der Waals surface area contributed by atoms with Crippen LogP contribution in [-0.2, 0) is 6.42 Å². The number of para-hydroxylation sites is 1. The molecule has 0 radical (unpaired) electrons. The number of rotatable bonds is 5. The number of carbonyl (C=O) groups excluding carboxylic acids is 1. The van der Waals surface area contributed by atoms with Gasteiger partial charge in [-0.2, -0.15) is 5.10 Å². The predicted molar refractivity (Wildman–Crippen MR) is 106 cm³/mol. The van der Waals surface area contributed by atoms with Gasteiger partial charge in [0.15, 0.2) is 11.5 Å². The molecule has 2 heterocycles. The molecule has 4 rings (SSSR count). The van der Waals surface area contributed by atoms with E-state index < -0.39 is 0 Å². The van der Waals surface area contributed by atoms with Crippen molar-refractivity contribution in [1.82, 2.24) is 15.1 Å². The molecule has 2 aromatic carbocycles. The van der Waals surface area contributed by atoms with Crippen molar-refractivity contribution < 1.29 is 14.3 Å². The highest BCUT2D eigenvalue weighted by Crippen LogP contribution is 2.32. The normalized spacial score (nSPS) is 12.1. The van der Waals surface area contributed by atoms with Crippen LogP contribution in [-0.4, -0.2) is 29.1 Å². The highest BCUT2D eigenvalue weighted by molar-refractivity contribution is 5.90. The number of ether oxygens (including phenoxy) is 2. The van der Waals surface area contributed by atoms with E-state index in [-0.39, 0.29) is 12.8 Å². The minimum Gasteiger partial charge on any atom is -0.454 e. The SMILES string of the molecule is Cc1nn(-c2ccccc2)c(C)c1NC(=O)NCCc1ccc2c(c1)OCO2. The third-order valence-corrected chi connectivity index (χ3v) is 4.67. The number of aryl methyl sites for hydroxylation is 1. The molecule has 1 aliphatic heterocycles. The lowest BCUT2D eigenvalue weighted by atomic mass is 10.1. The highest BCUT2D eigenvalue weighted by atomic mass is 16.7. The molecule has 3 aromatic rings. The summed E-state index contributed by atoms with van der Waals surface area (Å²) in [5.41, 5.74) is 4.42. The van der Waals surface area contributed by atoms with Gasteiger partial charge in [-0.15, -0.1) is 0 Å². The van der Waals surface area contributed by atoms with Gasteiger partial charge in [0.1, 0.15) is 0 Å². The van der Waals surface area contributed by atoms with E-state index in [4.69, 9.17) is 9.47 Å². The van der Waals surface area contributed by atoms with Crippen LogP contribution in [0.1, 0.15) is 17.0 Å². The maximum absolute atomic E-state index is 12.3. The Balaban J connectivity index is 1.36. The molecule has 0 saturated carbocycles. The summed E-state index contributed by atoms with van der Waals surface area (Å²) in [4.78, 5) is 12.3. The predicted octanol–water partition coefficient (Wildman–Crippen LogP) is 3.58. The van der Waals surface area contributed by atoms with Gasteiger partial charge in [0, 0.05) is 6.54 Å². The fraction of sp³-hybridized carbons (Fsp3) is 0.238. The molecule has 0 fully saturated rings. The minimum absolute atomic E-state index is 0.250. The number of hydrogen-bond donors (Lipinski definition) is 2. The number of urea groups is 1. The van der Waals surface area contributed by atoms with Gasteiger partial charge >= 0.3 is 6.03 Å². The molecule has 7 nitrogen and oxygen atoms in total. The average molecular weight is 378 g/mol. The minimum atomic E-state index is -0.250. The summed E-state index contributed by atoms with van der Waals surface area (Å²) >= 11 is 0. The summed E-state index contributed by atoms with van der Waals surface area (Å²) in [6.45, 7) is 4.59. The first-order valence-electron chi connectivity index (χ1n) is 9.17. The fourth-order valence-corrected chi connectivity index (χ4v) is 3.22. The van der Waals surface area contributed by atoms with Crippen molar-refractivity contribution >= 4 is 11.7 Å². The van der Waals surface area contributed by atoms with Crippen molar-refractivity contribution in [1.29, 1.82) is 0 Å². The van der Waals surface area contributed by atoms with Crippen LogP contribution in [0.2, 0.25) is 0 Å².